The highest BCUT2D eigenvalue weighted by atomic mass is 16.5. The molecule has 15 heteroatoms. The van der Waals surface area contributed by atoms with E-state index >= 15 is 0 Å². The van der Waals surface area contributed by atoms with Crippen LogP contribution in [0.15, 0.2) is 54.3 Å². The molecule has 0 aliphatic carbocycles. The van der Waals surface area contributed by atoms with E-state index in [0.29, 0.717) is 6.42 Å². The average molecular weight is 723 g/mol. The van der Waals surface area contributed by atoms with Crippen LogP contribution in [-0.4, -0.2) is 68.6 Å². The third kappa shape index (κ3) is 4.80. The van der Waals surface area contributed by atoms with Gasteiger partial charge in [-0.05, 0) is 49.6 Å². The van der Waals surface area contributed by atoms with Gasteiger partial charge in [-0.15, -0.1) is 0 Å². The second-order valence-corrected chi connectivity index (χ2v) is 13.2. The minimum atomic E-state index is -1.29. The number of carbonyl (C=O) groups excluding carboxylic acids is 3. The summed E-state index contributed by atoms with van der Waals surface area (Å²) >= 11 is 0. The van der Waals surface area contributed by atoms with Crippen LogP contribution in [0.5, 0.6) is 23.0 Å². The average Bonchev–Trinajstić information content (AvgIpc) is 3.14. The molecule has 7 rings (SSSR count). The van der Waals surface area contributed by atoms with E-state index < -0.39 is 125 Å². The predicted molar refractivity (Wildman–Crippen MR) is 195 cm³/mol. The number of hydrogen-bond donors (Lipinski definition) is 4. The van der Waals surface area contributed by atoms with E-state index in [9.17, 15) is 53.7 Å². The van der Waals surface area contributed by atoms with E-state index in [0.717, 1.165) is 21.6 Å². The van der Waals surface area contributed by atoms with Gasteiger partial charge in [-0.1, -0.05) is 13.8 Å². The van der Waals surface area contributed by atoms with Crippen molar-refractivity contribution in [3.63, 3.8) is 0 Å². The molecule has 1 aliphatic rings. The molecule has 2 amide bonds. The number of phenols is 3. The van der Waals surface area contributed by atoms with Gasteiger partial charge < -0.3 is 39.6 Å². The monoisotopic (exact) mass is 722 g/mol. The number of rotatable bonds is 6. The fourth-order valence-corrected chi connectivity index (χ4v) is 7.46. The highest BCUT2D eigenvalue weighted by molar-refractivity contribution is 6.24. The zero-order chi connectivity index (χ0) is 39.2. The number of benzene rings is 5. The van der Waals surface area contributed by atoms with Gasteiger partial charge in [0, 0.05) is 39.2 Å². The Kier molecular flexibility index (Phi) is 7.74. The third-order valence-electron chi connectivity index (χ3n) is 10.4. The summed E-state index contributed by atoms with van der Waals surface area (Å²) in [4.78, 5) is 108. The van der Waals surface area contributed by atoms with Crippen molar-refractivity contribution in [2.45, 2.75) is 51.7 Å². The fraction of sp³-hybridized carbons (Fsp3) is 0.263. The smallest absolute Gasteiger partial charge is 0.263 e. The lowest BCUT2D eigenvalue weighted by Crippen LogP contribution is -2.61. The fourth-order valence-electron chi connectivity index (χ4n) is 7.46. The molecule has 1 saturated heterocycles. The van der Waals surface area contributed by atoms with Gasteiger partial charge >= 0.3 is 0 Å². The first kappa shape index (κ1) is 33.5. The van der Waals surface area contributed by atoms with E-state index in [2.05, 4.69) is 5.32 Å². The van der Waals surface area contributed by atoms with Crippen LogP contribution in [0.3, 0.4) is 0 Å². The summed E-state index contributed by atoms with van der Waals surface area (Å²) < 4.78 is 14.1. The topological polar surface area (TPSA) is 227 Å². The van der Waals surface area contributed by atoms with Gasteiger partial charge in [0.1, 0.15) is 49.3 Å². The molecular weight excluding hydrogens is 690 g/mol. The molecule has 0 spiro atoms. The number of hydrogen-bond acceptors (Lipinski definition) is 12. The Morgan fingerprint density at radius 1 is 0.887 bits per heavy atom. The largest absolute Gasteiger partial charge is 0.507 e. The lowest BCUT2D eigenvalue weighted by Gasteiger charge is -2.36. The zero-order valence-corrected chi connectivity index (χ0v) is 28.7. The lowest BCUT2D eigenvalue weighted by atomic mass is 9.91. The second kappa shape index (κ2) is 12.3. The van der Waals surface area contributed by atoms with Gasteiger partial charge in [0.25, 0.3) is 5.56 Å². The van der Waals surface area contributed by atoms with Crippen LogP contribution >= 0.6 is 0 Å². The predicted octanol–water partition coefficient (Wildman–Crippen LogP) is 1.48. The van der Waals surface area contributed by atoms with Crippen molar-refractivity contribution in [2.24, 2.45) is 0 Å². The van der Waals surface area contributed by atoms with E-state index in [1.165, 1.54) is 32.2 Å². The minimum Gasteiger partial charge on any atom is -0.507 e. The van der Waals surface area contributed by atoms with Crippen molar-refractivity contribution in [2.75, 3.05) is 13.7 Å². The Hall–Kier alpha value is -6.64. The Labute approximate surface area is 298 Å². The number of phenolic OH excluding ortho intramolecular Hbond substituents is 3. The third-order valence-corrected chi connectivity index (χ3v) is 10.4. The molecule has 0 radical (unpaired) electrons. The molecule has 4 N–H and O–H groups in total. The normalized spacial score (nSPS) is 17.1. The van der Waals surface area contributed by atoms with Crippen molar-refractivity contribution in [3.8, 4) is 23.0 Å². The van der Waals surface area contributed by atoms with Gasteiger partial charge in [0.2, 0.25) is 17.2 Å². The Morgan fingerprint density at radius 3 is 2.08 bits per heavy atom. The quantitative estimate of drug-likeness (QED) is 0.0830. The van der Waals surface area contributed by atoms with Gasteiger partial charge in [-0.2, -0.15) is 0 Å². The summed E-state index contributed by atoms with van der Waals surface area (Å²) in [6.45, 7) is 3.97. The molecule has 1 fully saturated rings. The summed E-state index contributed by atoms with van der Waals surface area (Å²) in [5, 5.41) is 32.5. The van der Waals surface area contributed by atoms with Crippen LogP contribution in [0.2, 0.25) is 0 Å². The molecule has 270 valence electrons. The number of amides is 2. The Balaban J connectivity index is 1.59. The van der Waals surface area contributed by atoms with E-state index in [1.807, 2.05) is 6.92 Å². The van der Waals surface area contributed by atoms with Crippen molar-refractivity contribution in [3.05, 3.63) is 87.3 Å². The SMILES string of the molecule is [2H]C(=O)C1CN(C(=O)Cn2c(C(C)CC)cc3c(O)c4ccc5c(OC)c6c(O)c7c(=O)ccc(=O)c7c(O)c6c(=O)c5c4c(=O)c3c2=O)C(C)C(=O)N1. The number of piperazine rings is 1. The first-order valence-electron chi connectivity index (χ1n) is 17.1. The number of methoxy groups -OCH3 is 1. The lowest BCUT2D eigenvalue weighted by molar-refractivity contribution is -0.145. The van der Waals surface area contributed by atoms with Crippen LogP contribution in [0, 0.1) is 0 Å². The maximum atomic E-state index is 14.6. The molecule has 0 saturated carbocycles. The van der Waals surface area contributed by atoms with Crippen LogP contribution in [0.4, 0.5) is 0 Å². The van der Waals surface area contributed by atoms with Crippen molar-refractivity contribution >= 4 is 71.9 Å². The number of aromatic nitrogens is 1. The van der Waals surface area contributed by atoms with E-state index in [4.69, 9.17) is 6.11 Å². The summed E-state index contributed by atoms with van der Waals surface area (Å²) in [7, 11) is 1.17. The highest BCUT2D eigenvalue weighted by Gasteiger charge is 2.35. The number of nitrogens with zero attached hydrogens (tertiary/aromatic N) is 2. The van der Waals surface area contributed by atoms with Gasteiger partial charge in [0.15, 0.2) is 16.3 Å². The molecule has 5 aromatic carbocycles. The molecular formula is C38H31N3O12. The molecule has 53 heavy (non-hydrogen) atoms. The van der Waals surface area contributed by atoms with Gasteiger partial charge in [-0.3, -0.25) is 33.6 Å². The first-order chi connectivity index (χ1) is 25.5. The van der Waals surface area contributed by atoms with E-state index in [1.54, 1.807) is 6.92 Å². The number of fused-ring (bicyclic) bond motifs is 6. The molecule has 15 nitrogen and oxygen atoms in total. The number of nitrogens with one attached hydrogen (secondary N) is 1. The number of pyridine rings is 1. The summed E-state index contributed by atoms with van der Waals surface area (Å²) in [6.07, 6.45) is -0.666. The van der Waals surface area contributed by atoms with Crippen LogP contribution in [0.25, 0.3) is 53.9 Å². The molecule has 6 aromatic rings. The maximum absolute atomic E-state index is 14.6. The Morgan fingerprint density at radius 2 is 1.47 bits per heavy atom. The number of aromatic hydroxyl groups is 3. The zero-order valence-electron chi connectivity index (χ0n) is 29.7. The van der Waals surface area contributed by atoms with Crippen molar-refractivity contribution in [1.29, 1.82) is 0 Å². The molecule has 3 atom stereocenters. The van der Waals surface area contributed by atoms with Crippen molar-refractivity contribution in [1.82, 2.24) is 14.8 Å². The van der Waals surface area contributed by atoms with Crippen molar-refractivity contribution < 1.29 is 35.8 Å². The standard InChI is InChI=1S/C38H31N3O12/c1-5-14(2)20-10-19-26(38(52)41(20)12-23(45)40-11-16(13-42)39-37(51)15(40)3)32(47)24-17(31(19)46)6-7-18-25(24)33(48)29-30(36(18)53-4)35(50)28-22(44)9-8-21(43)27(28)34(29)49/h6-10,13-16,46,49-50H,5,11-12H2,1-4H3,(H,39,51)/i13D. The molecule has 3 unspecified atom stereocenters. The maximum Gasteiger partial charge on any atom is 0.263 e. The number of aldehydes is 1. The summed E-state index contributed by atoms with van der Waals surface area (Å²) in [6, 6.07) is 3.44. The Bertz CT molecular complexity index is 3000. The molecule has 2 heterocycles. The number of carbonyl (C=O) groups is 3. The highest BCUT2D eigenvalue weighted by Crippen LogP contribution is 2.46. The van der Waals surface area contributed by atoms with Crippen LogP contribution in [-0.2, 0) is 20.9 Å². The molecule has 1 aromatic heterocycles. The van der Waals surface area contributed by atoms with E-state index in [-0.39, 0.29) is 34.1 Å². The molecule has 1 aliphatic heterocycles. The van der Waals surface area contributed by atoms with Crippen LogP contribution < -0.4 is 37.3 Å². The number of ether oxygens (including phenoxy) is 1. The summed E-state index contributed by atoms with van der Waals surface area (Å²) in [5.41, 5.74) is -4.57. The molecule has 0 bridgehead atoms. The van der Waals surface area contributed by atoms with Crippen LogP contribution in [0.1, 0.15) is 40.2 Å². The van der Waals surface area contributed by atoms with Gasteiger partial charge in [-0.25, -0.2) is 0 Å². The second-order valence-electron chi connectivity index (χ2n) is 13.2. The van der Waals surface area contributed by atoms with Gasteiger partial charge in [0.05, 0.1) is 34.0 Å². The minimum absolute atomic E-state index is 0.0966. The first-order valence-corrected chi connectivity index (χ1v) is 16.6. The summed E-state index contributed by atoms with van der Waals surface area (Å²) in [5.74, 6) is -4.43.